The molecular weight excluding hydrogens is 224 g/mol. The molecule has 18 heavy (non-hydrogen) atoms. The average Bonchev–Trinajstić information content (AvgIpc) is 2.37. The van der Waals surface area contributed by atoms with Crippen molar-refractivity contribution < 1.29 is 4.74 Å². The lowest BCUT2D eigenvalue weighted by molar-refractivity contribution is -0.0653. The first-order chi connectivity index (χ1) is 8.61. The van der Waals surface area contributed by atoms with Gasteiger partial charge >= 0.3 is 0 Å². The van der Waals surface area contributed by atoms with Gasteiger partial charge in [0.15, 0.2) is 0 Å². The maximum Gasteiger partial charge on any atom is 0.0675 e. The molecule has 0 spiro atoms. The third kappa shape index (κ3) is 2.91. The minimum absolute atomic E-state index is 0.292. The van der Waals surface area contributed by atoms with E-state index in [1.807, 2.05) is 0 Å². The highest BCUT2D eigenvalue weighted by atomic mass is 16.5. The van der Waals surface area contributed by atoms with Gasteiger partial charge < -0.3 is 10.5 Å². The fourth-order valence-electron chi connectivity index (χ4n) is 2.61. The van der Waals surface area contributed by atoms with Crippen LogP contribution in [0.2, 0.25) is 0 Å². The van der Waals surface area contributed by atoms with Crippen molar-refractivity contribution in [2.75, 3.05) is 19.7 Å². The molecular formula is C15H24N2O. The van der Waals surface area contributed by atoms with Crippen LogP contribution in [0.15, 0.2) is 24.3 Å². The second kappa shape index (κ2) is 5.83. The van der Waals surface area contributed by atoms with Crippen molar-refractivity contribution in [3.63, 3.8) is 0 Å². The molecule has 0 aliphatic carbocycles. The first-order valence-electron chi connectivity index (χ1n) is 6.75. The van der Waals surface area contributed by atoms with Crippen LogP contribution < -0.4 is 5.73 Å². The predicted octanol–water partition coefficient (Wildman–Crippen LogP) is 2.10. The van der Waals surface area contributed by atoms with E-state index in [9.17, 15) is 0 Å². The largest absolute Gasteiger partial charge is 0.376 e. The number of rotatable bonds is 3. The summed E-state index contributed by atoms with van der Waals surface area (Å²) in [6, 6.07) is 9.43. The molecule has 0 amide bonds. The predicted molar refractivity (Wildman–Crippen MR) is 74.6 cm³/mol. The van der Waals surface area contributed by atoms with Crippen LogP contribution in [0.1, 0.15) is 31.0 Å². The molecule has 0 saturated carbocycles. The van der Waals surface area contributed by atoms with E-state index in [1.165, 1.54) is 11.1 Å². The molecule has 3 nitrogen and oxygen atoms in total. The molecule has 3 heteroatoms. The van der Waals surface area contributed by atoms with Crippen molar-refractivity contribution in [2.45, 2.75) is 39.0 Å². The molecule has 1 aromatic rings. The SMILES string of the molecule is Cc1ccc(C(CN)N2CC(C)OCC2C)cc1. The first-order valence-corrected chi connectivity index (χ1v) is 6.75. The molecule has 100 valence electrons. The fraction of sp³-hybridized carbons (Fsp3) is 0.600. The quantitative estimate of drug-likeness (QED) is 0.890. The molecule has 0 bridgehead atoms. The number of hydrogen-bond donors (Lipinski definition) is 1. The van der Waals surface area contributed by atoms with E-state index in [1.54, 1.807) is 0 Å². The zero-order chi connectivity index (χ0) is 13.1. The molecule has 2 rings (SSSR count). The van der Waals surface area contributed by atoms with Crippen molar-refractivity contribution in [1.29, 1.82) is 0 Å². The monoisotopic (exact) mass is 248 g/mol. The fourth-order valence-corrected chi connectivity index (χ4v) is 2.61. The van der Waals surface area contributed by atoms with Gasteiger partial charge in [0.2, 0.25) is 0 Å². The summed E-state index contributed by atoms with van der Waals surface area (Å²) in [6.07, 6.45) is 0.292. The normalized spacial score (nSPS) is 27.1. The van der Waals surface area contributed by atoms with E-state index in [2.05, 4.69) is 49.9 Å². The summed E-state index contributed by atoms with van der Waals surface area (Å²) in [4.78, 5) is 2.47. The number of benzene rings is 1. The zero-order valence-corrected chi connectivity index (χ0v) is 11.6. The lowest BCUT2D eigenvalue weighted by Gasteiger charge is -2.41. The van der Waals surface area contributed by atoms with E-state index in [4.69, 9.17) is 10.5 Å². The van der Waals surface area contributed by atoms with Gasteiger partial charge in [-0.2, -0.15) is 0 Å². The lowest BCUT2D eigenvalue weighted by Crippen LogP contribution is -2.50. The van der Waals surface area contributed by atoms with E-state index < -0.39 is 0 Å². The van der Waals surface area contributed by atoms with Gasteiger partial charge in [0.1, 0.15) is 0 Å². The second-order valence-electron chi connectivity index (χ2n) is 5.35. The third-order valence-electron chi connectivity index (χ3n) is 3.74. The van der Waals surface area contributed by atoms with Gasteiger partial charge in [-0.05, 0) is 26.3 Å². The molecule has 1 aromatic carbocycles. The Hall–Kier alpha value is -0.900. The van der Waals surface area contributed by atoms with Gasteiger partial charge in [0.25, 0.3) is 0 Å². The lowest BCUT2D eigenvalue weighted by atomic mass is 10.0. The standard InChI is InChI=1S/C15H24N2O/c1-11-4-6-14(7-5-11)15(8-16)17-9-13(3)18-10-12(17)2/h4-7,12-13,15H,8-10,16H2,1-3H3. The van der Waals surface area contributed by atoms with Crippen LogP contribution in [0.3, 0.4) is 0 Å². The van der Waals surface area contributed by atoms with Crippen LogP contribution in [0.4, 0.5) is 0 Å². The summed E-state index contributed by atoms with van der Waals surface area (Å²) in [6.45, 7) is 8.85. The highest BCUT2D eigenvalue weighted by Crippen LogP contribution is 2.25. The molecule has 0 aromatic heterocycles. The molecule has 0 radical (unpaired) electrons. The summed E-state index contributed by atoms with van der Waals surface area (Å²) >= 11 is 0. The Labute approximate surface area is 110 Å². The zero-order valence-electron chi connectivity index (χ0n) is 11.6. The van der Waals surface area contributed by atoms with Crippen LogP contribution in [-0.2, 0) is 4.74 Å². The Balaban J connectivity index is 2.19. The van der Waals surface area contributed by atoms with Gasteiger partial charge in [-0.25, -0.2) is 0 Å². The minimum atomic E-state index is 0.292. The van der Waals surface area contributed by atoms with Crippen LogP contribution in [0.25, 0.3) is 0 Å². The summed E-state index contributed by atoms with van der Waals surface area (Å²) in [5.41, 5.74) is 8.60. The number of nitrogens with zero attached hydrogens (tertiary/aromatic N) is 1. The molecule has 1 heterocycles. The topological polar surface area (TPSA) is 38.5 Å². The van der Waals surface area contributed by atoms with Gasteiger partial charge in [-0.3, -0.25) is 4.90 Å². The Morgan fingerprint density at radius 1 is 1.33 bits per heavy atom. The number of aryl methyl sites for hydroxylation is 1. The third-order valence-corrected chi connectivity index (χ3v) is 3.74. The highest BCUT2D eigenvalue weighted by molar-refractivity contribution is 5.24. The number of nitrogens with two attached hydrogens (primary N) is 1. The summed E-state index contributed by atoms with van der Waals surface area (Å²) in [5.74, 6) is 0. The minimum Gasteiger partial charge on any atom is -0.376 e. The van der Waals surface area contributed by atoms with Gasteiger partial charge in [-0.15, -0.1) is 0 Å². The van der Waals surface area contributed by atoms with E-state index in [-0.39, 0.29) is 0 Å². The van der Waals surface area contributed by atoms with Crippen molar-refractivity contribution in [3.8, 4) is 0 Å². The van der Waals surface area contributed by atoms with Crippen molar-refractivity contribution >= 4 is 0 Å². The molecule has 1 aliphatic rings. The molecule has 3 atom stereocenters. The smallest absolute Gasteiger partial charge is 0.0675 e. The Morgan fingerprint density at radius 3 is 2.61 bits per heavy atom. The Bertz CT molecular complexity index is 377. The van der Waals surface area contributed by atoms with E-state index in [0.717, 1.165) is 13.2 Å². The van der Waals surface area contributed by atoms with Crippen molar-refractivity contribution in [2.24, 2.45) is 5.73 Å². The summed E-state index contributed by atoms with van der Waals surface area (Å²) in [5, 5.41) is 0. The summed E-state index contributed by atoms with van der Waals surface area (Å²) in [7, 11) is 0. The van der Waals surface area contributed by atoms with E-state index >= 15 is 0 Å². The average molecular weight is 248 g/mol. The van der Waals surface area contributed by atoms with E-state index in [0.29, 0.717) is 24.7 Å². The molecule has 2 N–H and O–H groups in total. The number of ether oxygens (including phenoxy) is 1. The highest BCUT2D eigenvalue weighted by Gasteiger charge is 2.29. The van der Waals surface area contributed by atoms with Crippen LogP contribution in [-0.4, -0.2) is 36.7 Å². The second-order valence-corrected chi connectivity index (χ2v) is 5.35. The molecule has 3 unspecified atom stereocenters. The molecule has 1 aliphatic heterocycles. The van der Waals surface area contributed by atoms with Gasteiger partial charge in [-0.1, -0.05) is 29.8 Å². The van der Waals surface area contributed by atoms with Crippen LogP contribution in [0.5, 0.6) is 0 Å². The molecule has 1 fully saturated rings. The van der Waals surface area contributed by atoms with Gasteiger partial charge in [0, 0.05) is 25.2 Å². The maximum atomic E-state index is 6.00. The number of hydrogen-bond acceptors (Lipinski definition) is 3. The van der Waals surface area contributed by atoms with Crippen LogP contribution >= 0.6 is 0 Å². The Morgan fingerprint density at radius 2 is 2.00 bits per heavy atom. The number of morpholine rings is 1. The van der Waals surface area contributed by atoms with Crippen molar-refractivity contribution in [3.05, 3.63) is 35.4 Å². The van der Waals surface area contributed by atoms with Crippen LogP contribution in [0, 0.1) is 6.92 Å². The summed E-state index contributed by atoms with van der Waals surface area (Å²) < 4.78 is 5.69. The maximum absolute atomic E-state index is 6.00. The van der Waals surface area contributed by atoms with Crippen molar-refractivity contribution in [1.82, 2.24) is 4.90 Å². The van der Waals surface area contributed by atoms with Gasteiger partial charge in [0.05, 0.1) is 12.7 Å². The first kappa shape index (κ1) is 13.5. The Kier molecular flexibility index (Phi) is 4.38. The molecule has 1 saturated heterocycles.